The Bertz CT molecular complexity index is 1930. The Morgan fingerprint density at radius 2 is 0.720 bits per heavy atom. The Morgan fingerprint density at radius 1 is 0.480 bits per heavy atom. The second kappa shape index (κ2) is 50.5. The van der Waals surface area contributed by atoms with Crippen LogP contribution in [0, 0.1) is 17.3 Å². The van der Waals surface area contributed by atoms with Gasteiger partial charge in [0.05, 0.1) is 42.9 Å². The number of rotatable bonds is 21. The van der Waals surface area contributed by atoms with Gasteiger partial charge in [-0.05, 0) is 13.3 Å². The number of hydrogen-bond donors (Lipinski definition) is 14. The lowest BCUT2D eigenvalue weighted by Crippen LogP contribution is -2.38. The molecule has 0 radical (unpaired) electrons. The van der Waals surface area contributed by atoms with E-state index in [9.17, 15) is 76.7 Å². The highest BCUT2D eigenvalue weighted by Gasteiger charge is 2.43. The molecule has 1 rings (SSSR count). The number of carbonyl (C=O) groups is 16. The van der Waals surface area contributed by atoms with E-state index in [4.69, 9.17) is 71.5 Å². The zero-order valence-corrected chi connectivity index (χ0v) is 36.0. The second-order valence-electron chi connectivity index (χ2n) is 12.2. The normalized spacial score (nSPS) is 11.0. The number of carbonyl (C=O) groups excluding carboxylic acids is 2. The average molecular weight is 1090 g/mol. The first kappa shape index (κ1) is 94.9. The molecule has 3 atom stereocenters. The van der Waals surface area contributed by atoms with Crippen molar-refractivity contribution in [1.29, 1.82) is 0 Å². The van der Waals surface area contributed by atoms with Crippen LogP contribution in [0.25, 0.3) is 0 Å². The molecule has 1 aliphatic heterocycles. The molecule has 0 saturated carbocycles. The molecule has 3 unspecified atom stereocenters. The first-order valence-electron chi connectivity index (χ1n) is 17.2. The molecule has 0 aromatic carbocycles. The van der Waals surface area contributed by atoms with Crippen molar-refractivity contribution < 1.29 is 158 Å². The molecular weight excluding hydrogens is 1030 g/mol. The van der Waals surface area contributed by atoms with Crippen LogP contribution in [-0.2, 0) is 81.4 Å². The summed E-state index contributed by atoms with van der Waals surface area (Å²) in [5.74, 6) is -22.0. The van der Waals surface area contributed by atoms with Crippen LogP contribution in [-0.4, -0.2) is 172 Å². The molecule has 16 N–H and O–H groups in total. The van der Waals surface area contributed by atoms with Gasteiger partial charge in [-0.15, -0.1) is 0 Å². The fourth-order valence-corrected chi connectivity index (χ4v) is 3.07. The number of carboxylic acids is 14. The van der Waals surface area contributed by atoms with Gasteiger partial charge in [-0.2, -0.15) is 0 Å². The summed E-state index contributed by atoms with van der Waals surface area (Å²) in [6.45, 7) is 11.3. The molecule has 0 fully saturated rings. The molecule has 32 nitrogen and oxygen atoms in total. The smallest absolute Gasteiger partial charge is 0.338 e. The Kier molecular flexibility index (Phi) is 63.9. The van der Waals surface area contributed by atoms with Crippen LogP contribution in [0.1, 0.15) is 83.1 Å². The fourth-order valence-electron chi connectivity index (χ4n) is 3.07. The fraction of sp³-hybridized carbons (Fsp3) is 0.349. The van der Waals surface area contributed by atoms with Crippen molar-refractivity contribution in [3.05, 3.63) is 72.9 Å². The Hall–Kier alpha value is -9.88. The van der Waals surface area contributed by atoms with Gasteiger partial charge in [0, 0.05) is 53.2 Å². The molecule has 430 valence electrons. The van der Waals surface area contributed by atoms with Gasteiger partial charge in [-0.25, -0.2) is 43.2 Å². The van der Waals surface area contributed by atoms with E-state index in [1.165, 1.54) is 0 Å². The molecule has 0 aliphatic carbocycles. The monoisotopic (exact) mass is 1090 g/mol. The van der Waals surface area contributed by atoms with Gasteiger partial charge in [0.25, 0.3) is 0 Å². The van der Waals surface area contributed by atoms with Crippen LogP contribution in [0.5, 0.6) is 0 Å². The third-order valence-electron chi connectivity index (χ3n) is 6.33. The lowest BCUT2D eigenvalue weighted by Gasteiger charge is -2.27. The zero-order valence-electron chi connectivity index (χ0n) is 36.0. The third kappa shape index (κ3) is 66.2. The van der Waals surface area contributed by atoms with Crippen molar-refractivity contribution in [3.63, 3.8) is 0 Å². The summed E-state index contributed by atoms with van der Waals surface area (Å²) < 4.78 is 3.97. The molecule has 32 heteroatoms. The summed E-state index contributed by atoms with van der Waals surface area (Å²) in [5, 5.41) is 115. The van der Waals surface area contributed by atoms with Gasteiger partial charge >= 0.3 is 95.5 Å². The number of aliphatic carboxylic acids is 14. The maximum atomic E-state index is 11.1. The first-order valence-corrected chi connectivity index (χ1v) is 17.2. The molecule has 75 heavy (non-hydrogen) atoms. The average Bonchev–Trinajstić information content (AvgIpc) is 3.56. The second-order valence-corrected chi connectivity index (χ2v) is 12.2. The molecule has 0 aromatic heterocycles. The van der Waals surface area contributed by atoms with Crippen LogP contribution in [0.3, 0.4) is 0 Å². The number of cyclic esters (lactones) is 2. The number of hydrogen-bond acceptors (Lipinski definition) is 17. The number of carboxylic acid groups (broad SMARTS) is 14. The highest BCUT2D eigenvalue weighted by molar-refractivity contribution is 6.05. The topological polar surface area (TPSA) is 597 Å². The summed E-state index contributed by atoms with van der Waals surface area (Å²) >= 11 is 0. The van der Waals surface area contributed by atoms with Crippen molar-refractivity contribution in [3.8, 4) is 0 Å². The van der Waals surface area contributed by atoms with E-state index in [1.807, 2.05) is 0 Å². The van der Waals surface area contributed by atoms with E-state index in [-0.39, 0.29) is 59.3 Å². The minimum atomic E-state index is -1.83. The van der Waals surface area contributed by atoms with Gasteiger partial charge in [0.1, 0.15) is 0 Å². The van der Waals surface area contributed by atoms with Crippen molar-refractivity contribution in [2.75, 3.05) is 0 Å². The van der Waals surface area contributed by atoms with Crippen LogP contribution in [0.15, 0.2) is 72.9 Å². The quantitative estimate of drug-likeness (QED) is 0.0444. The number of ether oxygens (including phenoxy) is 1. The van der Waals surface area contributed by atoms with Crippen LogP contribution >= 0.6 is 0 Å². The molecule has 0 aromatic rings. The van der Waals surface area contributed by atoms with Crippen LogP contribution in [0.2, 0.25) is 0 Å². The Labute approximate surface area is 426 Å². The molecular formula is C43H66O32. The predicted molar refractivity (Wildman–Crippen MR) is 254 cm³/mol. The summed E-state index contributed by atoms with van der Waals surface area (Å²) in [5.41, 5.74) is -2.74. The van der Waals surface area contributed by atoms with Gasteiger partial charge < -0.3 is 81.7 Å². The van der Waals surface area contributed by atoms with Crippen LogP contribution < -0.4 is 0 Å². The molecule has 0 spiro atoms. The summed E-state index contributed by atoms with van der Waals surface area (Å²) in [6, 6.07) is 0. The SMILES string of the molecule is C.C.C.C.C.C=C(CC(=O)O)C(=O)O.C=C(CC(=O)O)C(=O)O.C=C(CC(=O)O)C(=O)O.CC(C(=O)O)C(CC(C)(CC(=O)O)C(=O)O)C(=O)O.O.O=C(O)/C=C\C(=O)O.O=C(O)/C=C\C(=O)O.O=C1C=CC(=O)O1. The van der Waals surface area contributed by atoms with E-state index in [0.717, 1.165) is 26.0 Å². The van der Waals surface area contributed by atoms with Gasteiger partial charge in [0.2, 0.25) is 0 Å². The minimum absolute atomic E-state index is 0. The maximum Gasteiger partial charge on any atom is 0.338 e. The predicted octanol–water partition coefficient (Wildman–Crippen LogP) is 2.07. The highest BCUT2D eigenvalue weighted by Crippen LogP contribution is 2.34. The standard InChI is InChI=1S/C11H16O8.3C5H6O4.2C4H4O4.C4H2O3.5CH4.H2O/c1-5(8(14)15)6(9(16)17)3-11(2,10(18)19)4-7(12)13;3*1-3(5(8)9)2-4(6)7;2*5-3(6)1-2-4(7)8;5-3-1-2-4(6)7-3;;;;;;/h5-6H,3-4H2,1-2H3,(H,12,13)(H,14,15)(H,16,17)(H,18,19);3*1-2H2,(H,6,7)(H,8,9);2*1-2H,(H,5,6)(H,7,8);1-2H;5*1H4;1H2/b;;;;2*2-1-;;;;;;;. The van der Waals surface area contributed by atoms with Crippen molar-refractivity contribution >= 4 is 95.5 Å². The summed E-state index contributed by atoms with van der Waals surface area (Å²) in [7, 11) is 0. The Balaban J connectivity index is -0.0000000628. The van der Waals surface area contributed by atoms with Crippen LogP contribution in [0.4, 0.5) is 0 Å². The first-order chi connectivity index (χ1) is 31.2. The molecule has 1 aliphatic rings. The highest BCUT2D eigenvalue weighted by atomic mass is 16.6. The van der Waals surface area contributed by atoms with E-state index in [1.54, 1.807) is 0 Å². The number of esters is 2. The van der Waals surface area contributed by atoms with Gasteiger partial charge in [-0.1, -0.05) is 63.8 Å². The lowest BCUT2D eigenvalue weighted by atomic mass is 9.74. The Morgan fingerprint density at radius 3 is 0.827 bits per heavy atom. The van der Waals surface area contributed by atoms with E-state index < -0.39 is 145 Å². The van der Waals surface area contributed by atoms with Crippen molar-refractivity contribution in [1.82, 2.24) is 0 Å². The van der Waals surface area contributed by atoms with Crippen molar-refractivity contribution in [2.24, 2.45) is 17.3 Å². The molecule has 0 amide bonds. The van der Waals surface area contributed by atoms with Crippen molar-refractivity contribution in [2.45, 2.75) is 83.1 Å². The largest absolute Gasteiger partial charge is 0.481 e. The lowest BCUT2D eigenvalue weighted by molar-refractivity contribution is -0.161. The zero-order chi connectivity index (χ0) is 56.1. The van der Waals surface area contributed by atoms with Gasteiger partial charge in [0.15, 0.2) is 0 Å². The maximum absolute atomic E-state index is 11.1. The molecule has 0 saturated heterocycles. The summed E-state index contributed by atoms with van der Waals surface area (Å²) in [4.78, 5) is 161. The molecule has 1 heterocycles. The third-order valence-corrected chi connectivity index (χ3v) is 6.33. The van der Waals surface area contributed by atoms with E-state index in [2.05, 4.69) is 24.5 Å². The van der Waals surface area contributed by atoms with E-state index in [0.29, 0.717) is 24.3 Å². The molecule has 0 bridgehead atoms. The summed E-state index contributed by atoms with van der Waals surface area (Å²) in [6.07, 6.45) is 1.54. The van der Waals surface area contributed by atoms with Gasteiger partial charge in [-0.3, -0.25) is 33.6 Å². The minimum Gasteiger partial charge on any atom is -0.481 e. The van der Waals surface area contributed by atoms with E-state index >= 15 is 0 Å².